The molecule has 0 spiro atoms. The Morgan fingerprint density at radius 1 is 1.33 bits per heavy atom. The zero-order chi connectivity index (χ0) is 11.7. The maximum Gasteiger partial charge on any atom is 0.221 e. The molecule has 1 N–H and O–H groups in total. The molecule has 3 heteroatoms. The average molecular weight is 214 g/mol. The fourth-order valence-electron chi connectivity index (χ4n) is 1.28. The van der Waals surface area contributed by atoms with E-state index in [9.17, 15) is 4.79 Å². The number of nitrogens with one attached hydrogen (secondary N) is 1. The van der Waals surface area contributed by atoms with Crippen LogP contribution < -0.4 is 5.32 Å². The molecule has 0 fully saturated rings. The molecule has 1 unspecified atom stereocenters. The highest BCUT2D eigenvalue weighted by Crippen LogP contribution is 1.95. The van der Waals surface area contributed by atoms with Crippen LogP contribution in [0, 0.1) is 0 Å². The Bertz CT molecular complexity index is 171. The van der Waals surface area contributed by atoms with Gasteiger partial charge in [0.15, 0.2) is 0 Å². The van der Waals surface area contributed by atoms with E-state index in [1.54, 1.807) is 0 Å². The van der Waals surface area contributed by atoms with E-state index >= 15 is 0 Å². The molecular weight excluding hydrogens is 188 g/mol. The third kappa shape index (κ3) is 8.43. The zero-order valence-electron chi connectivity index (χ0n) is 10.7. The lowest BCUT2D eigenvalue weighted by molar-refractivity contribution is -0.122. The summed E-state index contributed by atoms with van der Waals surface area (Å²) in [4.78, 5) is 13.7. The van der Waals surface area contributed by atoms with Gasteiger partial charge < -0.3 is 10.2 Å². The van der Waals surface area contributed by atoms with Crippen LogP contribution in [0.25, 0.3) is 0 Å². The van der Waals surface area contributed by atoms with Gasteiger partial charge in [-0.2, -0.15) is 0 Å². The van der Waals surface area contributed by atoms with E-state index in [4.69, 9.17) is 0 Å². The number of unbranched alkanes of at least 4 members (excludes halogenated alkanes) is 1. The Labute approximate surface area is 94.2 Å². The summed E-state index contributed by atoms with van der Waals surface area (Å²) in [5.74, 6) is 0.174. The Hall–Kier alpha value is -0.570. The molecule has 0 radical (unpaired) electrons. The summed E-state index contributed by atoms with van der Waals surface area (Å²) in [6.07, 6.45) is 4.04. The summed E-state index contributed by atoms with van der Waals surface area (Å²) in [5, 5.41) is 2.98. The molecular formula is C12H26N2O. The van der Waals surface area contributed by atoms with Gasteiger partial charge in [-0.25, -0.2) is 0 Å². The third-order valence-corrected chi connectivity index (χ3v) is 2.63. The average Bonchev–Trinajstić information content (AvgIpc) is 2.23. The lowest BCUT2D eigenvalue weighted by Crippen LogP contribution is -2.34. The lowest BCUT2D eigenvalue weighted by Gasteiger charge is -2.17. The first-order valence-corrected chi connectivity index (χ1v) is 6.08. The SMILES string of the molecule is CCCCN(C)CCC(=O)NC(C)CC. The van der Waals surface area contributed by atoms with Crippen molar-refractivity contribution < 1.29 is 4.79 Å². The molecule has 0 saturated heterocycles. The number of rotatable bonds is 8. The minimum absolute atomic E-state index is 0.174. The smallest absolute Gasteiger partial charge is 0.221 e. The van der Waals surface area contributed by atoms with Crippen molar-refractivity contribution in [2.75, 3.05) is 20.1 Å². The van der Waals surface area contributed by atoms with Gasteiger partial charge in [-0.3, -0.25) is 4.79 Å². The van der Waals surface area contributed by atoms with Gasteiger partial charge in [-0.05, 0) is 33.4 Å². The van der Waals surface area contributed by atoms with Gasteiger partial charge >= 0.3 is 0 Å². The van der Waals surface area contributed by atoms with Crippen LogP contribution in [0.2, 0.25) is 0 Å². The molecule has 0 aliphatic heterocycles. The van der Waals surface area contributed by atoms with Gasteiger partial charge in [-0.15, -0.1) is 0 Å². The molecule has 1 amide bonds. The van der Waals surface area contributed by atoms with E-state index in [1.165, 1.54) is 12.8 Å². The van der Waals surface area contributed by atoms with Crippen molar-refractivity contribution >= 4 is 5.91 Å². The summed E-state index contributed by atoms with van der Waals surface area (Å²) < 4.78 is 0. The molecule has 0 bridgehead atoms. The molecule has 1 atom stereocenters. The zero-order valence-corrected chi connectivity index (χ0v) is 10.7. The van der Waals surface area contributed by atoms with Gasteiger partial charge in [0.1, 0.15) is 0 Å². The minimum Gasteiger partial charge on any atom is -0.354 e. The molecule has 0 aromatic heterocycles. The van der Waals surface area contributed by atoms with Gasteiger partial charge in [0.25, 0.3) is 0 Å². The van der Waals surface area contributed by atoms with Crippen molar-refractivity contribution in [2.45, 2.75) is 52.5 Å². The maximum absolute atomic E-state index is 11.5. The van der Waals surface area contributed by atoms with Crippen LogP contribution in [0.1, 0.15) is 46.5 Å². The summed E-state index contributed by atoms with van der Waals surface area (Å²) >= 11 is 0. The standard InChI is InChI=1S/C12H26N2O/c1-5-7-9-14(4)10-8-12(15)13-11(3)6-2/h11H,5-10H2,1-4H3,(H,13,15). The fourth-order valence-corrected chi connectivity index (χ4v) is 1.28. The van der Waals surface area contributed by atoms with E-state index in [0.717, 1.165) is 19.5 Å². The van der Waals surface area contributed by atoms with E-state index < -0.39 is 0 Å². The number of carbonyl (C=O) groups excluding carboxylic acids is 1. The first-order chi connectivity index (χ1) is 7.10. The van der Waals surface area contributed by atoms with Gasteiger partial charge in [0, 0.05) is 19.0 Å². The molecule has 0 rings (SSSR count). The highest BCUT2D eigenvalue weighted by molar-refractivity contribution is 5.76. The second kappa shape index (κ2) is 8.72. The summed E-state index contributed by atoms with van der Waals surface area (Å²) in [6, 6.07) is 0.304. The van der Waals surface area contributed by atoms with Crippen LogP contribution in [0.5, 0.6) is 0 Å². The molecule has 0 aliphatic carbocycles. The van der Waals surface area contributed by atoms with Crippen LogP contribution in [-0.4, -0.2) is 37.0 Å². The molecule has 0 saturated carbocycles. The first-order valence-electron chi connectivity index (χ1n) is 6.08. The van der Waals surface area contributed by atoms with E-state index in [-0.39, 0.29) is 5.91 Å². The van der Waals surface area contributed by atoms with Crippen molar-refractivity contribution in [1.82, 2.24) is 10.2 Å². The Kier molecular flexibility index (Phi) is 8.38. The van der Waals surface area contributed by atoms with Crippen molar-refractivity contribution in [3.05, 3.63) is 0 Å². The van der Waals surface area contributed by atoms with E-state index in [1.807, 2.05) is 6.92 Å². The molecule has 3 nitrogen and oxygen atoms in total. The van der Waals surface area contributed by atoms with Gasteiger partial charge in [0.2, 0.25) is 5.91 Å². The molecule has 90 valence electrons. The maximum atomic E-state index is 11.5. The monoisotopic (exact) mass is 214 g/mol. The largest absolute Gasteiger partial charge is 0.354 e. The summed E-state index contributed by atoms with van der Waals surface area (Å²) in [5.41, 5.74) is 0. The third-order valence-electron chi connectivity index (χ3n) is 2.63. The van der Waals surface area contributed by atoms with E-state index in [2.05, 4.69) is 31.1 Å². The van der Waals surface area contributed by atoms with Crippen molar-refractivity contribution in [1.29, 1.82) is 0 Å². The lowest BCUT2D eigenvalue weighted by atomic mass is 10.2. The number of hydrogen-bond donors (Lipinski definition) is 1. The van der Waals surface area contributed by atoms with Crippen LogP contribution in [-0.2, 0) is 4.79 Å². The fraction of sp³-hybridized carbons (Fsp3) is 0.917. The van der Waals surface area contributed by atoms with Crippen molar-refractivity contribution in [3.63, 3.8) is 0 Å². The predicted octanol–water partition coefficient (Wildman–Crippen LogP) is 2.02. The summed E-state index contributed by atoms with van der Waals surface area (Å²) in [6.45, 7) is 8.26. The Morgan fingerprint density at radius 3 is 2.53 bits per heavy atom. The number of hydrogen-bond acceptors (Lipinski definition) is 2. The number of carbonyl (C=O) groups is 1. The molecule has 0 aliphatic rings. The highest BCUT2D eigenvalue weighted by Gasteiger charge is 2.06. The van der Waals surface area contributed by atoms with E-state index in [0.29, 0.717) is 12.5 Å². The second-order valence-corrected chi connectivity index (χ2v) is 4.28. The first kappa shape index (κ1) is 14.4. The van der Waals surface area contributed by atoms with Crippen LogP contribution >= 0.6 is 0 Å². The Balaban J connectivity index is 3.52. The molecule has 0 aromatic rings. The number of amides is 1. The summed E-state index contributed by atoms with van der Waals surface area (Å²) in [7, 11) is 2.08. The predicted molar refractivity (Wildman–Crippen MR) is 64.9 cm³/mol. The molecule has 0 heterocycles. The highest BCUT2D eigenvalue weighted by atomic mass is 16.1. The van der Waals surface area contributed by atoms with Crippen LogP contribution in [0.15, 0.2) is 0 Å². The molecule has 0 aromatic carbocycles. The second-order valence-electron chi connectivity index (χ2n) is 4.28. The number of nitrogens with zero attached hydrogens (tertiary/aromatic N) is 1. The normalized spacial score (nSPS) is 12.9. The van der Waals surface area contributed by atoms with Crippen molar-refractivity contribution in [2.24, 2.45) is 0 Å². The van der Waals surface area contributed by atoms with Crippen LogP contribution in [0.4, 0.5) is 0 Å². The van der Waals surface area contributed by atoms with Crippen molar-refractivity contribution in [3.8, 4) is 0 Å². The van der Waals surface area contributed by atoms with Gasteiger partial charge in [0.05, 0.1) is 0 Å². The van der Waals surface area contributed by atoms with Crippen LogP contribution in [0.3, 0.4) is 0 Å². The topological polar surface area (TPSA) is 32.3 Å². The quantitative estimate of drug-likeness (QED) is 0.670. The molecule has 15 heavy (non-hydrogen) atoms. The minimum atomic E-state index is 0.174. The Morgan fingerprint density at radius 2 is 2.00 bits per heavy atom. The van der Waals surface area contributed by atoms with Gasteiger partial charge in [-0.1, -0.05) is 20.3 Å².